The summed E-state index contributed by atoms with van der Waals surface area (Å²) >= 11 is 0. The first-order valence-electron chi connectivity index (χ1n) is 7.82. The lowest BCUT2D eigenvalue weighted by molar-refractivity contribution is 0.414. The van der Waals surface area contributed by atoms with Crippen molar-refractivity contribution in [3.63, 3.8) is 0 Å². The molecule has 3 rings (SSSR count). The zero-order chi connectivity index (χ0) is 18.4. The fourth-order valence-corrected chi connectivity index (χ4v) is 3.22. The van der Waals surface area contributed by atoms with Gasteiger partial charge in [0, 0.05) is 18.9 Å². The Bertz CT molecular complexity index is 944. The highest BCUT2D eigenvalue weighted by Crippen LogP contribution is 2.19. The number of sulfonamides is 1. The third kappa shape index (κ3) is 4.48. The Morgan fingerprint density at radius 1 is 1.00 bits per heavy atom. The zero-order valence-corrected chi connectivity index (χ0v) is 14.9. The largest absolute Gasteiger partial charge is 0.497 e. The van der Waals surface area contributed by atoms with Crippen molar-refractivity contribution in [2.24, 2.45) is 0 Å². The summed E-state index contributed by atoms with van der Waals surface area (Å²) in [5.74, 6) is 0.835. The highest BCUT2D eigenvalue weighted by Gasteiger charge is 2.14. The summed E-state index contributed by atoms with van der Waals surface area (Å²) in [7, 11) is -2.18. The number of pyridine rings is 2. The highest BCUT2D eigenvalue weighted by molar-refractivity contribution is 7.92. The first kappa shape index (κ1) is 17.7. The van der Waals surface area contributed by atoms with Crippen LogP contribution in [0.1, 0.15) is 5.56 Å². The summed E-state index contributed by atoms with van der Waals surface area (Å²) in [5.41, 5.74) is 1.87. The van der Waals surface area contributed by atoms with Crippen molar-refractivity contribution in [2.45, 2.75) is 11.4 Å². The van der Waals surface area contributed by atoms with Crippen LogP contribution in [0.5, 0.6) is 5.75 Å². The van der Waals surface area contributed by atoms with E-state index in [4.69, 9.17) is 4.74 Å². The van der Waals surface area contributed by atoms with Crippen LogP contribution in [0.25, 0.3) is 0 Å². The van der Waals surface area contributed by atoms with Crippen molar-refractivity contribution in [2.75, 3.05) is 17.1 Å². The minimum Gasteiger partial charge on any atom is -0.497 e. The summed E-state index contributed by atoms with van der Waals surface area (Å²) in [6.45, 7) is 0.626. The summed E-state index contributed by atoms with van der Waals surface area (Å²) in [6, 6.07) is 13.3. The van der Waals surface area contributed by atoms with Crippen molar-refractivity contribution in [1.29, 1.82) is 0 Å². The number of anilines is 2. The molecule has 0 aliphatic carbocycles. The summed E-state index contributed by atoms with van der Waals surface area (Å²) in [6.07, 6.45) is 5.03. The molecular weight excluding hydrogens is 352 g/mol. The smallest absolute Gasteiger partial charge is 0.263 e. The molecule has 1 aromatic carbocycles. The number of ether oxygens (including phenoxy) is 1. The van der Waals surface area contributed by atoms with E-state index in [1.165, 1.54) is 19.2 Å². The number of nitrogens with zero attached hydrogens (tertiary/aromatic N) is 2. The molecule has 0 amide bonds. The van der Waals surface area contributed by atoms with Gasteiger partial charge in [-0.15, -0.1) is 0 Å². The molecule has 0 saturated heterocycles. The quantitative estimate of drug-likeness (QED) is 0.664. The molecular formula is C18H18N4O3S. The fourth-order valence-electron chi connectivity index (χ4n) is 2.22. The molecule has 0 unspecified atom stereocenters. The molecule has 134 valence electrons. The van der Waals surface area contributed by atoms with Crippen LogP contribution >= 0.6 is 0 Å². The minimum absolute atomic E-state index is 0.139. The second-order valence-corrected chi connectivity index (χ2v) is 7.10. The van der Waals surface area contributed by atoms with Gasteiger partial charge in [0.2, 0.25) is 0 Å². The first-order chi connectivity index (χ1) is 12.6. The van der Waals surface area contributed by atoms with E-state index >= 15 is 0 Å². The number of hydrogen-bond acceptors (Lipinski definition) is 6. The van der Waals surface area contributed by atoms with Crippen molar-refractivity contribution in [1.82, 2.24) is 9.97 Å². The van der Waals surface area contributed by atoms with Crippen LogP contribution in [0.4, 0.5) is 11.5 Å². The van der Waals surface area contributed by atoms with Gasteiger partial charge in [0.1, 0.15) is 11.6 Å². The summed E-state index contributed by atoms with van der Waals surface area (Å²) in [5, 5.41) is 3.21. The Balaban J connectivity index is 1.64. The van der Waals surface area contributed by atoms with Crippen LogP contribution in [0, 0.1) is 0 Å². The summed E-state index contributed by atoms with van der Waals surface area (Å²) in [4.78, 5) is 8.25. The molecule has 0 radical (unpaired) electrons. The van der Waals surface area contributed by atoms with E-state index < -0.39 is 10.0 Å². The Labute approximate surface area is 152 Å². The first-order valence-corrected chi connectivity index (χ1v) is 9.31. The Hall–Kier alpha value is -3.13. The SMILES string of the molecule is COc1ccc(S(=O)(=O)Nc2ccc(NCc3ccncc3)cn2)cc1. The van der Waals surface area contributed by atoms with Gasteiger partial charge in [-0.2, -0.15) is 0 Å². The third-order valence-corrected chi connectivity index (χ3v) is 4.99. The molecule has 26 heavy (non-hydrogen) atoms. The molecule has 0 bridgehead atoms. The van der Waals surface area contributed by atoms with Crippen LogP contribution in [0.2, 0.25) is 0 Å². The van der Waals surface area contributed by atoms with E-state index in [9.17, 15) is 8.42 Å². The normalized spacial score (nSPS) is 11.0. The van der Waals surface area contributed by atoms with Gasteiger partial charge in [-0.1, -0.05) is 0 Å². The molecule has 2 N–H and O–H groups in total. The molecule has 0 spiro atoms. The van der Waals surface area contributed by atoms with Gasteiger partial charge in [-0.3, -0.25) is 9.71 Å². The van der Waals surface area contributed by atoms with Gasteiger partial charge in [-0.25, -0.2) is 13.4 Å². The molecule has 0 atom stereocenters. The van der Waals surface area contributed by atoms with E-state index in [-0.39, 0.29) is 10.7 Å². The minimum atomic E-state index is -3.70. The lowest BCUT2D eigenvalue weighted by Crippen LogP contribution is -2.14. The monoisotopic (exact) mass is 370 g/mol. The van der Waals surface area contributed by atoms with Gasteiger partial charge >= 0.3 is 0 Å². The molecule has 0 fully saturated rings. The fraction of sp³-hybridized carbons (Fsp3) is 0.111. The van der Waals surface area contributed by atoms with Crippen LogP contribution in [0.15, 0.2) is 72.0 Å². The van der Waals surface area contributed by atoms with Crippen molar-refractivity contribution in [3.05, 3.63) is 72.7 Å². The second kappa shape index (κ2) is 7.83. The van der Waals surface area contributed by atoms with Crippen molar-refractivity contribution < 1.29 is 13.2 Å². The number of benzene rings is 1. The molecule has 2 aromatic heterocycles. The predicted octanol–water partition coefficient (Wildman–Crippen LogP) is 2.90. The second-order valence-electron chi connectivity index (χ2n) is 5.42. The molecule has 8 heteroatoms. The van der Waals surface area contributed by atoms with Gasteiger partial charge in [0.25, 0.3) is 10.0 Å². The highest BCUT2D eigenvalue weighted by atomic mass is 32.2. The van der Waals surface area contributed by atoms with E-state index in [1.54, 1.807) is 42.9 Å². The molecule has 0 aliphatic heterocycles. The maximum atomic E-state index is 12.4. The Kier molecular flexibility index (Phi) is 5.33. The van der Waals surface area contributed by atoms with Gasteiger partial charge in [0.05, 0.1) is 23.9 Å². The van der Waals surface area contributed by atoms with Crippen LogP contribution in [0.3, 0.4) is 0 Å². The third-order valence-electron chi connectivity index (χ3n) is 3.62. The Morgan fingerprint density at radius 2 is 1.73 bits per heavy atom. The number of aromatic nitrogens is 2. The average molecular weight is 370 g/mol. The maximum absolute atomic E-state index is 12.4. The number of methoxy groups -OCH3 is 1. The standard InChI is InChI=1S/C18H18N4O3S/c1-25-16-3-5-17(6-4-16)26(23,24)22-18-7-2-15(13-21-18)20-12-14-8-10-19-11-9-14/h2-11,13,20H,12H2,1H3,(H,21,22). The Morgan fingerprint density at radius 3 is 2.35 bits per heavy atom. The van der Waals surface area contributed by atoms with Gasteiger partial charge in [-0.05, 0) is 54.1 Å². The van der Waals surface area contributed by atoms with Crippen LogP contribution in [-0.4, -0.2) is 25.5 Å². The predicted molar refractivity (Wildman–Crippen MR) is 99.6 cm³/mol. The number of hydrogen-bond donors (Lipinski definition) is 2. The van der Waals surface area contributed by atoms with Crippen LogP contribution in [-0.2, 0) is 16.6 Å². The molecule has 2 heterocycles. The maximum Gasteiger partial charge on any atom is 0.263 e. The molecule has 7 nitrogen and oxygen atoms in total. The molecule has 0 saturated carbocycles. The average Bonchev–Trinajstić information content (AvgIpc) is 2.68. The van der Waals surface area contributed by atoms with E-state index in [0.29, 0.717) is 12.3 Å². The van der Waals surface area contributed by atoms with Gasteiger partial charge in [0.15, 0.2) is 0 Å². The van der Waals surface area contributed by atoms with E-state index in [2.05, 4.69) is 20.0 Å². The summed E-state index contributed by atoms with van der Waals surface area (Å²) < 4.78 is 32.3. The van der Waals surface area contributed by atoms with Gasteiger partial charge < -0.3 is 10.1 Å². The number of nitrogens with one attached hydrogen (secondary N) is 2. The van der Waals surface area contributed by atoms with E-state index in [1.807, 2.05) is 12.1 Å². The lowest BCUT2D eigenvalue weighted by Gasteiger charge is -2.10. The van der Waals surface area contributed by atoms with E-state index in [0.717, 1.165) is 11.3 Å². The molecule has 0 aliphatic rings. The lowest BCUT2D eigenvalue weighted by atomic mass is 10.2. The topological polar surface area (TPSA) is 93.2 Å². The van der Waals surface area contributed by atoms with Crippen LogP contribution < -0.4 is 14.8 Å². The van der Waals surface area contributed by atoms with Crippen molar-refractivity contribution >= 4 is 21.5 Å². The zero-order valence-electron chi connectivity index (χ0n) is 14.1. The molecule has 3 aromatic rings. The van der Waals surface area contributed by atoms with Crippen molar-refractivity contribution in [3.8, 4) is 5.75 Å². The number of rotatable bonds is 7.